The number of aliphatic carboxylic acids is 1. The Kier molecular flexibility index (Phi) is 12.8. The van der Waals surface area contributed by atoms with Gasteiger partial charge in [-0.2, -0.15) is 0 Å². The number of hydrogen-bond acceptors (Lipinski definition) is 7. The lowest BCUT2D eigenvalue weighted by atomic mass is 10.0. The largest absolute Gasteiger partial charge is 0.508 e. The van der Waals surface area contributed by atoms with E-state index >= 15 is 0 Å². The Bertz CT molecular complexity index is 1190. The topological polar surface area (TPSA) is 214 Å². The predicted molar refractivity (Wildman–Crippen MR) is 151 cm³/mol. The van der Waals surface area contributed by atoms with Crippen LogP contribution in [-0.2, 0) is 36.8 Å². The maximum atomic E-state index is 13.6. The van der Waals surface area contributed by atoms with E-state index in [1.165, 1.54) is 12.1 Å². The molecule has 41 heavy (non-hydrogen) atoms. The van der Waals surface area contributed by atoms with Crippen LogP contribution in [-0.4, -0.2) is 64.0 Å². The number of carbonyl (C=O) groups excluding carboxylic acids is 4. The van der Waals surface area contributed by atoms with Crippen molar-refractivity contribution < 1.29 is 34.2 Å². The van der Waals surface area contributed by atoms with Crippen LogP contribution in [0.15, 0.2) is 54.6 Å². The maximum Gasteiger partial charge on any atom is 0.326 e. The molecule has 0 aliphatic rings. The van der Waals surface area contributed by atoms with E-state index in [4.69, 9.17) is 11.5 Å². The minimum Gasteiger partial charge on any atom is -0.508 e. The monoisotopic (exact) mass is 569 g/mol. The van der Waals surface area contributed by atoms with Gasteiger partial charge in [-0.15, -0.1) is 0 Å². The Morgan fingerprint density at radius 1 is 0.756 bits per heavy atom. The first kappa shape index (κ1) is 32.8. The summed E-state index contributed by atoms with van der Waals surface area (Å²) in [7, 11) is 0. The smallest absolute Gasteiger partial charge is 0.326 e. The molecule has 12 nitrogen and oxygen atoms in total. The first-order valence-corrected chi connectivity index (χ1v) is 13.3. The fraction of sp³-hybridized carbons (Fsp3) is 0.414. The van der Waals surface area contributed by atoms with Gasteiger partial charge in [0.25, 0.3) is 0 Å². The second kappa shape index (κ2) is 16.0. The molecule has 0 radical (unpaired) electrons. The molecule has 4 atom stereocenters. The zero-order valence-electron chi connectivity index (χ0n) is 23.2. The lowest BCUT2D eigenvalue weighted by Gasteiger charge is -2.26. The van der Waals surface area contributed by atoms with Gasteiger partial charge in [-0.3, -0.25) is 19.2 Å². The summed E-state index contributed by atoms with van der Waals surface area (Å²) in [6.07, 6.45) is -0.0457. The van der Waals surface area contributed by atoms with Crippen molar-refractivity contribution in [2.45, 2.75) is 70.1 Å². The van der Waals surface area contributed by atoms with E-state index in [0.29, 0.717) is 17.5 Å². The van der Waals surface area contributed by atoms with E-state index in [9.17, 15) is 34.2 Å². The first-order chi connectivity index (χ1) is 19.3. The van der Waals surface area contributed by atoms with Gasteiger partial charge in [0.05, 0.1) is 6.04 Å². The molecular weight excluding hydrogens is 530 g/mol. The zero-order valence-corrected chi connectivity index (χ0v) is 23.2. The fourth-order valence-electron chi connectivity index (χ4n) is 4.12. The summed E-state index contributed by atoms with van der Waals surface area (Å²) in [5.41, 5.74) is 12.5. The Labute approximate surface area is 238 Å². The fourth-order valence-corrected chi connectivity index (χ4v) is 4.12. The first-order valence-electron chi connectivity index (χ1n) is 13.3. The lowest BCUT2D eigenvalue weighted by molar-refractivity contribution is -0.142. The Hall–Kier alpha value is -4.45. The van der Waals surface area contributed by atoms with Crippen LogP contribution in [0.1, 0.15) is 44.2 Å². The average Bonchev–Trinajstić information content (AvgIpc) is 2.91. The number of phenols is 1. The summed E-state index contributed by atoms with van der Waals surface area (Å²) in [6, 6.07) is 10.2. The molecule has 0 fully saturated rings. The highest BCUT2D eigenvalue weighted by molar-refractivity contribution is 5.94. The third kappa shape index (κ3) is 11.7. The number of phenolic OH excluding ortho intramolecular Hbond substituents is 1. The van der Waals surface area contributed by atoms with Crippen LogP contribution in [0.25, 0.3) is 0 Å². The molecular formula is C29H39N5O7. The van der Waals surface area contributed by atoms with Gasteiger partial charge in [0.15, 0.2) is 0 Å². The van der Waals surface area contributed by atoms with Crippen molar-refractivity contribution in [1.82, 2.24) is 16.0 Å². The summed E-state index contributed by atoms with van der Waals surface area (Å²) in [5.74, 6) is -3.94. The standard InChI is InChI=1S/C29H39N5O7/c1-17(2)14-21(30)26(37)33-23(16-19-8-10-20(35)11-9-19)28(39)34-24(15-18-6-4-3-5-7-18)27(38)32-22(29(40)41)12-13-25(31)36/h3-11,17,21-24,35H,12-16,30H2,1-2H3,(H2,31,36)(H,32,38)(H,33,37)(H,34,39)(H,40,41)/t21-,22-,23-,24-/m0/s1. The molecule has 0 bridgehead atoms. The molecule has 12 heteroatoms. The quantitative estimate of drug-likeness (QED) is 0.149. The number of aromatic hydroxyl groups is 1. The normalized spacial score (nSPS) is 13.9. The number of nitrogens with one attached hydrogen (secondary N) is 3. The van der Waals surface area contributed by atoms with Gasteiger partial charge in [0, 0.05) is 19.3 Å². The van der Waals surface area contributed by atoms with Crippen molar-refractivity contribution in [2.24, 2.45) is 17.4 Å². The number of nitrogens with two attached hydrogens (primary N) is 2. The number of rotatable bonds is 16. The van der Waals surface area contributed by atoms with Gasteiger partial charge >= 0.3 is 5.97 Å². The number of carboxylic acids is 1. The predicted octanol–water partition coefficient (Wildman–Crippen LogP) is 0.355. The summed E-state index contributed by atoms with van der Waals surface area (Å²) >= 11 is 0. The van der Waals surface area contributed by atoms with Gasteiger partial charge in [-0.05, 0) is 42.0 Å². The van der Waals surface area contributed by atoms with Crippen molar-refractivity contribution in [3.8, 4) is 5.75 Å². The minimum atomic E-state index is -1.41. The SMILES string of the molecule is CC(C)C[C@H](N)C(=O)N[C@@H](Cc1ccc(O)cc1)C(=O)N[C@@H](Cc1ccccc1)C(=O)N[C@@H](CCC(N)=O)C(=O)O. The van der Waals surface area contributed by atoms with Crippen LogP contribution in [0, 0.1) is 5.92 Å². The Morgan fingerprint density at radius 2 is 1.24 bits per heavy atom. The molecule has 0 aliphatic heterocycles. The van der Waals surface area contributed by atoms with Crippen LogP contribution in [0.5, 0.6) is 5.75 Å². The number of hydrogen-bond donors (Lipinski definition) is 7. The highest BCUT2D eigenvalue weighted by Gasteiger charge is 2.31. The van der Waals surface area contributed by atoms with Crippen LogP contribution >= 0.6 is 0 Å². The molecule has 9 N–H and O–H groups in total. The van der Waals surface area contributed by atoms with E-state index in [0.717, 1.165) is 0 Å². The molecule has 2 rings (SSSR count). The number of primary amides is 1. The minimum absolute atomic E-state index is 0.0211. The van der Waals surface area contributed by atoms with E-state index in [2.05, 4.69) is 16.0 Å². The van der Waals surface area contributed by atoms with E-state index in [-0.39, 0.29) is 37.4 Å². The van der Waals surface area contributed by atoms with E-state index in [1.807, 2.05) is 13.8 Å². The van der Waals surface area contributed by atoms with Crippen molar-refractivity contribution in [1.29, 1.82) is 0 Å². The summed E-state index contributed by atoms with van der Waals surface area (Å²) in [4.78, 5) is 62.6. The van der Waals surface area contributed by atoms with E-state index < -0.39 is 53.8 Å². The molecule has 0 unspecified atom stereocenters. The van der Waals surface area contributed by atoms with Crippen molar-refractivity contribution in [2.75, 3.05) is 0 Å². The van der Waals surface area contributed by atoms with Crippen LogP contribution in [0.4, 0.5) is 0 Å². The number of carbonyl (C=O) groups is 5. The van der Waals surface area contributed by atoms with Gasteiger partial charge in [-0.25, -0.2) is 4.79 Å². The third-order valence-corrected chi connectivity index (χ3v) is 6.28. The number of carboxylic acid groups (broad SMARTS) is 1. The van der Waals surface area contributed by atoms with Crippen LogP contribution in [0.2, 0.25) is 0 Å². The molecule has 0 aromatic heterocycles. The molecule has 2 aromatic carbocycles. The lowest BCUT2D eigenvalue weighted by Crippen LogP contribution is -2.58. The average molecular weight is 570 g/mol. The Morgan fingerprint density at radius 3 is 1.73 bits per heavy atom. The number of benzene rings is 2. The number of amides is 4. The molecule has 4 amide bonds. The maximum absolute atomic E-state index is 13.6. The van der Waals surface area contributed by atoms with Gasteiger partial charge < -0.3 is 37.6 Å². The third-order valence-electron chi connectivity index (χ3n) is 6.28. The molecule has 222 valence electrons. The van der Waals surface area contributed by atoms with Gasteiger partial charge in [-0.1, -0.05) is 56.3 Å². The van der Waals surface area contributed by atoms with Crippen molar-refractivity contribution >= 4 is 29.6 Å². The highest BCUT2D eigenvalue weighted by Crippen LogP contribution is 2.13. The van der Waals surface area contributed by atoms with Crippen molar-refractivity contribution in [3.05, 3.63) is 65.7 Å². The summed E-state index contributed by atoms with van der Waals surface area (Å²) in [6.45, 7) is 3.82. The van der Waals surface area contributed by atoms with Crippen molar-refractivity contribution in [3.63, 3.8) is 0 Å². The molecule has 0 saturated carbocycles. The molecule has 0 saturated heterocycles. The summed E-state index contributed by atoms with van der Waals surface area (Å²) in [5, 5.41) is 26.9. The Balaban J connectivity index is 2.31. The zero-order chi connectivity index (χ0) is 30.5. The second-order valence-electron chi connectivity index (χ2n) is 10.3. The van der Waals surface area contributed by atoms with Crippen LogP contribution < -0.4 is 27.4 Å². The molecule has 0 spiro atoms. The van der Waals surface area contributed by atoms with Gasteiger partial charge in [0.2, 0.25) is 23.6 Å². The second-order valence-corrected chi connectivity index (χ2v) is 10.3. The van der Waals surface area contributed by atoms with Crippen LogP contribution in [0.3, 0.4) is 0 Å². The molecule has 0 heterocycles. The summed E-state index contributed by atoms with van der Waals surface area (Å²) < 4.78 is 0. The van der Waals surface area contributed by atoms with Gasteiger partial charge in [0.1, 0.15) is 23.9 Å². The molecule has 2 aromatic rings. The van der Waals surface area contributed by atoms with E-state index in [1.54, 1.807) is 42.5 Å². The highest BCUT2D eigenvalue weighted by atomic mass is 16.4. The molecule has 0 aliphatic carbocycles.